The molecule has 1 heterocycles. The third kappa shape index (κ3) is 1.48. The van der Waals surface area contributed by atoms with Crippen LogP contribution < -0.4 is 0 Å². The number of likely N-dealkylation sites (tertiary alicyclic amines) is 1. The van der Waals surface area contributed by atoms with Crippen LogP contribution in [0.25, 0.3) is 0 Å². The first-order chi connectivity index (χ1) is 5.49. The predicted molar refractivity (Wildman–Crippen MR) is 49.7 cm³/mol. The van der Waals surface area contributed by atoms with Crippen LogP contribution in [-0.4, -0.2) is 35.2 Å². The second-order valence-electron chi connectivity index (χ2n) is 4.05. The van der Waals surface area contributed by atoms with E-state index in [9.17, 15) is 5.11 Å². The molecule has 1 aliphatic heterocycles. The third-order valence-electron chi connectivity index (χ3n) is 2.98. The zero-order valence-corrected chi connectivity index (χ0v) is 8.04. The van der Waals surface area contributed by atoms with E-state index in [0.29, 0.717) is 12.3 Å². The first kappa shape index (κ1) is 9.57. The van der Waals surface area contributed by atoms with Crippen molar-refractivity contribution in [3.05, 3.63) is 0 Å². The molecule has 1 aliphatic rings. The Kier molecular flexibility index (Phi) is 2.46. The molecule has 0 spiro atoms. The molecule has 0 aromatic rings. The Morgan fingerprint density at radius 2 is 2.25 bits per heavy atom. The molecule has 3 atom stereocenters. The Balaban J connectivity index is 2.76. The molecular formula is C10H17NO. The normalized spacial score (nSPS) is 43.9. The molecule has 0 amide bonds. The van der Waals surface area contributed by atoms with Crippen LogP contribution in [0.5, 0.6) is 0 Å². The zero-order chi connectivity index (χ0) is 9.35. The molecule has 0 radical (unpaired) electrons. The molecule has 2 nitrogen and oxygen atoms in total. The summed E-state index contributed by atoms with van der Waals surface area (Å²) >= 11 is 0. The molecule has 1 N–H and O–H groups in total. The van der Waals surface area contributed by atoms with E-state index < -0.39 is 0 Å². The van der Waals surface area contributed by atoms with Crippen LogP contribution in [0.1, 0.15) is 20.3 Å². The first-order valence-corrected chi connectivity index (χ1v) is 4.36. The maximum Gasteiger partial charge on any atom is 0.0817 e. The summed E-state index contributed by atoms with van der Waals surface area (Å²) in [7, 11) is 2.02. The van der Waals surface area contributed by atoms with Gasteiger partial charge in [0.25, 0.3) is 0 Å². The molecule has 1 rings (SSSR count). The number of hydrogen-bond acceptors (Lipinski definition) is 2. The van der Waals surface area contributed by atoms with Crippen LogP contribution >= 0.6 is 0 Å². The maximum atomic E-state index is 9.64. The highest BCUT2D eigenvalue weighted by molar-refractivity contribution is 5.13. The molecular weight excluding hydrogens is 150 g/mol. The topological polar surface area (TPSA) is 23.5 Å². The van der Waals surface area contributed by atoms with Gasteiger partial charge in [0, 0.05) is 13.0 Å². The van der Waals surface area contributed by atoms with E-state index in [2.05, 4.69) is 17.7 Å². The van der Waals surface area contributed by atoms with Crippen molar-refractivity contribution in [1.29, 1.82) is 0 Å². The molecule has 1 saturated heterocycles. The van der Waals surface area contributed by atoms with Gasteiger partial charge < -0.3 is 5.11 Å². The van der Waals surface area contributed by atoms with E-state index in [1.165, 1.54) is 0 Å². The number of hydrogen-bond donors (Lipinski definition) is 1. The van der Waals surface area contributed by atoms with Crippen molar-refractivity contribution in [3.63, 3.8) is 0 Å². The summed E-state index contributed by atoms with van der Waals surface area (Å²) in [6.45, 7) is 4.93. The van der Waals surface area contributed by atoms with Crippen molar-refractivity contribution in [3.8, 4) is 12.3 Å². The smallest absolute Gasteiger partial charge is 0.0817 e. The fourth-order valence-corrected chi connectivity index (χ4v) is 1.69. The van der Waals surface area contributed by atoms with Gasteiger partial charge in [-0.15, -0.1) is 6.42 Å². The minimum atomic E-state index is -0.258. The van der Waals surface area contributed by atoms with E-state index >= 15 is 0 Å². The Hall–Kier alpha value is -0.520. The lowest BCUT2D eigenvalue weighted by Crippen LogP contribution is -2.53. The molecule has 0 unspecified atom stereocenters. The molecule has 0 aromatic heterocycles. The number of nitrogens with zero attached hydrogens (tertiary/aromatic N) is 1. The summed E-state index contributed by atoms with van der Waals surface area (Å²) in [6.07, 6.45) is 5.87. The number of aliphatic hydroxyl groups excluding tert-OH is 1. The summed E-state index contributed by atoms with van der Waals surface area (Å²) in [5.74, 6) is 3.08. The monoisotopic (exact) mass is 167 g/mol. The summed E-state index contributed by atoms with van der Waals surface area (Å²) in [6, 6.07) is 0. The van der Waals surface area contributed by atoms with Crippen LogP contribution in [-0.2, 0) is 0 Å². The maximum absolute atomic E-state index is 9.64. The fraction of sp³-hybridized carbons (Fsp3) is 0.800. The van der Waals surface area contributed by atoms with Crippen LogP contribution in [0, 0.1) is 18.3 Å². The average Bonchev–Trinajstić information content (AvgIpc) is 2.01. The number of aliphatic hydroxyl groups is 1. The highest BCUT2D eigenvalue weighted by Crippen LogP contribution is 2.28. The molecule has 0 bridgehead atoms. The fourth-order valence-electron chi connectivity index (χ4n) is 1.69. The minimum Gasteiger partial charge on any atom is -0.393 e. The van der Waals surface area contributed by atoms with Gasteiger partial charge in [-0.05, 0) is 19.9 Å². The summed E-state index contributed by atoms with van der Waals surface area (Å²) in [5, 5.41) is 9.64. The van der Waals surface area contributed by atoms with Crippen LogP contribution in [0.4, 0.5) is 0 Å². The first-order valence-electron chi connectivity index (χ1n) is 4.36. The van der Waals surface area contributed by atoms with Crippen molar-refractivity contribution in [1.82, 2.24) is 4.90 Å². The Morgan fingerprint density at radius 3 is 2.75 bits per heavy atom. The predicted octanol–water partition coefficient (Wildman–Crippen LogP) is 0.711. The van der Waals surface area contributed by atoms with E-state index in [1.807, 2.05) is 14.0 Å². The molecule has 2 heteroatoms. The summed E-state index contributed by atoms with van der Waals surface area (Å²) < 4.78 is 0. The van der Waals surface area contributed by atoms with Crippen molar-refractivity contribution in [2.75, 3.05) is 13.6 Å². The zero-order valence-electron chi connectivity index (χ0n) is 8.04. The lowest BCUT2D eigenvalue weighted by molar-refractivity contribution is -0.00779. The van der Waals surface area contributed by atoms with Gasteiger partial charge >= 0.3 is 0 Å². The van der Waals surface area contributed by atoms with Crippen LogP contribution in [0.2, 0.25) is 0 Å². The standard InChI is InChI=1S/C10H17NO/c1-5-10(3)6-9(12)8(2)7-11(10)4/h1,8-9,12H,6-7H2,2-4H3/t8-,9-,10-/m1/s1. The van der Waals surface area contributed by atoms with Gasteiger partial charge in [0.2, 0.25) is 0 Å². The second kappa shape index (κ2) is 3.08. The number of rotatable bonds is 0. The average molecular weight is 167 g/mol. The van der Waals surface area contributed by atoms with Crippen molar-refractivity contribution >= 4 is 0 Å². The van der Waals surface area contributed by atoms with Gasteiger partial charge in [0.05, 0.1) is 11.6 Å². The van der Waals surface area contributed by atoms with Crippen molar-refractivity contribution < 1.29 is 5.11 Å². The molecule has 12 heavy (non-hydrogen) atoms. The summed E-state index contributed by atoms with van der Waals surface area (Å²) in [4.78, 5) is 2.14. The van der Waals surface area contributed by atoms with E-state index in [1.54, 1.807) is 0 Å². The number of piperidine rings is 1. The van der Waals surface area contributed by atoms with Gasteiger partial charge in [0.15, 0.2) is 0 Å². The minimum absolute atomic E-state index is 0.248. The highest BCUT2D eigenvalue weighted by Gasteiger charge is 2.37. The lowest BCUT2D eigenvalue weighted by atomic mass is 9.83. The van der Waals surface area contributed by atoms with Gasteiger partial charge in [-0.25, -0.2) is 0 Å². The van der Waals surface area contributed by atoms with E-state index in [4.69, 9.17) is 6.42 Å². The largest absolute Gasteiger partial charge is 0.393 e. The Labute approximate surface area is 74.6 Å². The van der Waals surface area contributed by atoms with Crippen molar-refractivity contribution in [2.24, 2.45) is 5.92 Å². The number of terminal acetylenes is 1. The van der Waals surface area contributed by atoms with Gasteiger partial charge in [-0.3, -0.25) is 4.90 Å². The van der Waals surface area contributed by atoms with E-state index in [-0.39, 0.29) is 11.6 Å². The Morgan fingerprint density at radius 1 is 1.67 bits per heavy atom. The lowest BCUT2D eigenvalue weighted by Gasteiger charge is -2.43. The molecule has 0 saturated carbocycles. The van der Waals surface area contributed by atoms with Crippen molar-refractivity contribution in [2.45, 2.75) is 31.9 Å². The van der Waals surface area contributed by atoms with Gasteiger partial charge in [-0.1, -0.05) is 12.8 Å². The molecule has 68 valence electrons. The molecule has 0 aromatic carbocycles. The second-order valence-corrected chi connectivity index (χ2v) is 4.05. The Bertz CT molecular complexity index is 208. The molecule has 0 aliphatic carbocycles. The van der Waals surface area contributed by atoms with E-state index in [0.717, 1.165) is 6.54 Å². The summed E-state index contributed by atoms with van der Waals surface area (Å²) in [5.41, 5.74) is -0.258. The van der Waals surface area contributed by atoms with Crippen LogP contribution in [0.15, 0.2) is 0 Å². The molecule has 1 fully saturated rings. The SMILES string of the molecule is C#C[C@]1(C)C[C@@H](O)[C@H](C)CN1C. The third-order valence-corrected chi connectivity index (χ3v) is 2.98. The highest BCUT2D eigenvalue weighted by atomic mass is 16.3. The van der Waals surface area contributed by atoms with Crippen LogP contribution in [0.3, 0.4) is 0 Å². The quantitative estimate of drug-likeness (QED) is 0.537. The van der Waals surface area contributed by atoms with Gasteiger partial charge in [-0.2, -0.15) is 0 Å². The van der Waals surface area contributed by atoms with Gasteiger partial charge in [0.1, 0.15) is 0 Å².